The molecule has 0 saturated carbocycles. The van der Waals surface area contributed by atoms with Gasteiger partial charge in [-0.25, -0.2) is 0 Å². The summed E-state index contributed by atoms with van der Waals surface area (Å²) in [6, 6.07) is 0. The van der Waals surface area contributed by atoms with Gasteiger partial charge in [-0.05, 0) is 25.7 Å². The Morgan fingerprint density at radius 2 is 1.44 bits per heavy atom. The van der Waals surface area contributed by atoms with Crippen LogP contribution in [0.25, 0.3) is 0 Å². The first-order valence-corrected chi connectivity index (χ1v) is 5.98. The number of rotatable bonds is 9. The van der Waals surface area contributed by atoms with Crippen LogP contribution in [0.4, 0.5) is 0 Å². The molecule has 16 heavy (non-hydrogen) atoms. The highest BCUT2D eigenvalue weighted by Gasteiger charge is 2.19. The van der Waals surface area contributed by atoms with E-state index in [0.717, 1.165) is 6.42 Å². The van der Waals surface area contributed by atoms with Crippen molar-refractivity contribution in [1.82, 2.24) is 0 Å². The first kappa shape index (κ1) is 14.9. The van der Waals surface area contributed by atoms with Gasteiger partial charge >= 0.3 is 11.9 Å². The van der Waals surface area contributed by atoms with E-state index in [9.17, 15) is 9.59 Å². The topological polar surface area (TPSA) is 74.6 Å². The first-order valence-electron chi connectivity index (χ1n) is 5.98. The third-order valence-electron chi connectivity index (χ3n) is 2.93. The summed E-state index contributed by atoms with van der Waals surface area (Å²) in [4.78, 5) is 21.6. The fourth-order valence-corrected chi connectivity index (χ4v) is 1.85. The molecule has 0 aromatic carbocycles. The van der Waals surface area contributed by atoms with Crippen molar-refractivity contribution >= 4 is 11.9 Å². The molecule has 0 aromatic rings. The van der Waals surface area contributed by atoms with Crippen molar-refractivity contribution in [3.05, 3.63) is 0 Å². The minimum Gasteiger partial charge on any atom is -0.481 e. The van der Waals surface area contributed by atoms with Crippen LogP contribution in [0, 0.1) is 11.8 Å². The maximum atomic E-state index is 10.9. The van der Waals surface area contributed by atoms with E-state index in [-0.39, 0.29) is 11.8 Å². The summed E-state index contributed by atoms with van der Waals surface area (Å²) < 4.78 is 0. The molecule has 4 nitrogen and oxygen atoms in total. The molecule has 0 amide bonds. The van der Waals surface area contributed by atoms with Crippen LogP contribution in [-0.2, 0) is 9.59 Å². The van der Waals surface area contributed by atoms with E-state index in [1.165, 1.54) is 0 Å². The molecule has 0 bridgehead atoms. The normalized spacial score (nSPS) is 14.4. The van der Waals surface area contributed by atoms with Gasteiger partial charge in [0.2, 0.25) is 0 Å². The molecule has 0 aromatic heterocycles. The fourth-order valence-electron chi connectivity index (χ4n) is 1.85. The molecule has 0 saturated heterocycles. The van der Waals surface area contributed by atoms with Gasteiger partial charge in [-0.3, -0.25) is 9.59 Å². The van der Waals surface area contributed by atoms with E-state index in [2.05, 4.69) is 0 Å². The zero-order chi connectivity index (χ0) is 12.6. The smallest absolute Gasteiger partial charge is 0.306 e. The van der Waals surface area contributed by atoms with Crippen molar-refractivity contribution in [2.75, 3.05) is 0 Å². The Hall–Kier alpha value is -1.06. The predicted octanol–water partition coefficient (Wildman–Crippen LogP) is 2.77. The summed E-state index contributed by atoms with van der Waals surface area (Å²) in [7, 11) is 0. The van der Waals surface area contributed by atoms with Crippen LogP contribution in [0.5, 0.6) is 0 Å². The van der Waals surface area contributed by atoms with Gasteiger partial charge in [-0.1, -0.05) is 26.7 Å². The first-order chi connectivity index (χ1) is 7.52. The van der Waals surface area contributed by atoms with Crippen LogP contribution < -0.4 is 0 Å². The van der Waals surface area contributed by atoms with Gasteiger partial charge in [0.1, 0.15) is 0 Å². The third kappa shape index (κ3) is 5.73. The highest BCUT2D eigenvalue weighted by Crippen LogP contribution is 2.19. The number of carboxylic acids is 2. The molecule has 2 N–H and O–H groups in total. The maximum absolute atomic E-state index is 10.9. The molecule has 0 aliphatic rings. The van der Waals surface area contributed by atoms with E-state index in [4.69, 9.17) is 10.2 Å². The van der Waals surface area contributed by atoms with Crippen LogP contribution in [0.2, 0.25) is 0 Å². The third-order valence-corrected chi connectivity index (χ3v) is 2.93. The monoisotopic (exact) mass is 230 g/mol. The molecule has 0 heterocycles. The molecule has 0 aliphatic carbocycles. The molecule has 0 fully saturated rings. The standard InChI is InChI=1S/C12H22O4/c1-3-6-10(12(15)16)8-5-7-9(4-2)11(13)14/h9-10H,3-8H2,1-2H3,(H,13,14)(H,15,16). The quantitative estimate of drug-likeness (QED) is 0.638. The lowest BCUT2D eigenvalue weighted by Gasteiger charge is -2.13. The largest absolute Gasteiger partial charge is 0.481 e. The number of hydrogen-bond acceptors (Lipinski definition) is 2. The molecule has 0 radical (unpaired) electrons. The van der Waals surface area contributed by atoms with Gasteiger partial charge in [0.15, 0.2) is 0 Å². The van der Waals surface area contributed by atoms with Crippen LogP contribution in [0.1, 0.15) is 52.4 Å². The van der Waals surface area contributed by atoms with E-state index in [1.807, 2.05) is 13.8 Å². The molecule has 4 heteroatoms. The number of aliphatic carboxylic acids is 2. The maximum Gasteiger partial charge on any atom is 0.306 e. The zero-order valence-corrected chi connectivity index (χ0v) is 10.1. The van der Waals surface area contributed by atoms with Crippen molar-refractivity contribution in [2.24, 2.45) is 11.8 Å². The second-order valence-corrected chi connectivity index (χ2v) is 4.20. The number of carboxylic acid groups (broad SMARTS) is 2. The van der Waals surface area contributed by atoms with Crippen molar-refractivity contribution < 1.29 is 19.8 Å². The Morgan fingerprint density at radius 3 is 1.81 bits per heavy atom. The lowest BCUT2D eigenvalue weighted by molar-refractivity contribution is -0.142. The Balaban J connectivity index is 3.93. The van der Waals surface area contributed by atoms with E-state index in [1.54, 1.807) is 0 Å². The molecule has 0 aliphatic heterocycles. The Bertz CT molecular complexity index is 225. The lowest BCUT2D eigenvalue weighted by Crippen LogP contribution is -2.16. The Kier molecular flexibility index (Phi) is 7.60. The van der Waals surface area contributed by atoms with Crippen molar-refractivity contribution in [1.29, 1.82) is 0 Å². The molecule has 94 valence electrons. The molecular formula is C12H22O4. The van der Waals surface area contributed by atoms with Crippen LogP contribution in [-0.4, -0.2) is 22.2 Å². The summed E-state index contributed by atoms with van der Waals surface area (Å²) in [5.74, 6) is -2.16. The lowest BCUT2D eigenvalue weighted by atomic mass is 9.93. The molecule has 2 atom stereocenters. The van der Waals surface area contributed by atoms with Crippen molar-refractivity contribution in [3.8, 4) is 0 Å². The summed E-state index contributed by atoms with van der Waals surface area (Å²) in [6.07, 6.45) is 4.00. The van der Waals surface area contributed by atoms with Gasteiger partial charge in [-0.15, -0.1) is 0 Å². The van der Waals surface area contributed by atoms with Crippen LogP contribution in [0.15, 0.2) is 0 Å². The zero-order valence-electron chi connectivity index (χ0n) is 10.1. The summed E-state index contributed by atoms with van der Waals surface area (Å²) >= 11 is 0. The van der Waals surface area contributed by atoms with Crippen molar-refractivity contribution in [2.45, 2.75) is 52.4 Å². The van der Waals surface area contributed by atoms with E-state index < -0.39 is 11.9 Å². The molecular weight excluding hydrogens is 208 g/mol. The van der Waals surface area contributed by atoms with E-state index >= 15 is 0 Å². The minimum absolute atomic E-state index is 0.309. The highest BCUT2D eigenvalue weighted by atomic mass is 16.4. The average Bonchev–Trinajstić information content (AvgIpc) is 2.21. The second-order valence-electron chi connectivity index (χ2n) is 4.20. The molecule has 0 rings (SSSR count). The van der Waals surface area contributed by atoms with Crippen molar-refractivity contribution in [3.63, 3.8) is 0 Å². The predicted molar refractivity (Wildman–Crippen MR) is 61.3 cm³/mol. The van der Waals surface area contributed by atoms with Gasteiger partial charge in [0, 0.05) is 0 Å². The summed E-state index contributed by atoms with van der Waals surface area (Å²) in [5.41, 5.74) is 0. The summed E-state index contributed by atoms with van der Waals surface area (Å²) in [6.45, 7) is 3.81. The fraction of sp³-hybridized carbons (Fsp3) is 0.833. The molecule has 0 spiro atoms. The number of hydrogen-bond donors (Lipinski definition) is 2. The van der Waals surface area contributed by atoms with E-state index in [0.29, 0.717) is 32.1 Å². The minimum atomic E-state index is -0.773. The summed E-state index contributed by atoms with van der Waals surface area (Å²) in [5, 5.41) is 17.8. The SMILES string of the molecule is CCCC(CCCC(CC)C(=O)O)C(=O)O. The van der Waals surface area contributed by atoms with Crippen LogP contribution in [0.3, 0.4) is 0 Å². The van der Waals surface area contributed by atoms with Gasteiger partial charge in [0.05, 0.1) is 11.8 Å². The Morgan fingerprint density at radius 1 is 0.938 bits per heavy atom. The van der Waals surface area contributed by atoms with Crippen LogP contribution >= 0.6 is 0 Å². The van der Waals surface area contributed by atoms with Gasteiger partial charge < -0.3 is 10.2 Å². The number of carbonyl (C=O) groups is 2. The Labute approximate surface area is 96.7 Å². The second kappa shape index (κ2) is 8.13. The van der Waals surface area contributed by atoms with Gasteiger partial charge in [0.25, 0.3) is 0 Å². The highest BCUT2D eigenvalue weighted by molar-refractivity contribution is 5.70. The average molecular weight is 230 g/mol. The molecule has 2 unspecified atom stereocenters. The van der Waals surface area contributed by atoms with Gasteiger partial charge in [-0.2, -0.15) is 0 Å².